The SMILES string of the molecule is CC1=C(C)C(=O)c2c(C)ccc(C)c2C1=O. The number of carbonyl (C=O) groups is 2. The van der Waals surface area contributed by atoms with E-state index in [4.69, 9.17) is 0 Å². The van der Waals surface area contributed by atoms with Gasteiger partial charge in [-0.15, -0.1) is 0 Å². The molecule has 0 amide bonds. The van der Waals surface area contributed by atoms with Crippen LogP contribution in [0.25, 0.3) is 0 Å². The second-order valence-electron chi connectivity index (χ2n) is 4.36. The van der Waals surface area contributed by atoms with Crippen LogP contribution in [0.3, 0.4) is 0 Å². The van der Waals surface area contributed by atoms with Crippen LogP contribution >= 0.6 is 0 Å². The fourth-order valence-corrected chi connectivity index (χ4v) is 2.11. The van der Waals surface area contributed by atoms with E-state index in [1.54, 1.807) is 13.8 Å². The lowest BCUT2D eigenvalue weighted by atomic mass is 9.81. The van der Waals surface area contributed by atoms with Crippen molar-refractivity contribution in [3.63, 3.8) is 0 Å². The number of carbonyl (C=O) groups excluding carboxylic acids is 2. The summed E-state index contributed by atoms with van der Waals surface area (Å²) in [6.45, 7) is 7.19. The molecule has 0 aromatic heterocycles. The molecule has 82 valence electrons. The van der Waals surface area contributed by atoms with Gasteiger partial charge >= 0.3 is 0 Å². The van der Waals surface area contributed by atoms with Crippen LogP contribution in [-0.2, 0) is 0 Å². The average molecular weight is 214 g/mol. The summed E-state index contributed by atoms with van der Waals surface area (Å²) in [7, 11) is 0. The third-order valence-electron chi connectivity index (χ3n) is 3.32. The zero-order chi connectivity index (χ0) is 12.0. The van der Waals surface area contributed by atoms with Gasteiger partial charge in [0.05, 0.1) is 0 Å². The summed E-state index contributed by atoms with van der Waals surface area (Å²) < 4.78 is 0. The molecule has 2 nitrogen and oxygen atoms in total. The molecule has 16 heavy (non-hydrogen) atoms. The van der Waals surface area contributed by atoms with E-state index in [1.165, 1.54) is 0 Å². The summed E-state index contributed by atoms with van der Waals surface area (Å²) in [5.74, 6) is -0.0124. The van der Waals surface area contributed by atoms with Crippen molar-refractivity contribution in [2.45, 2.75) is 27.7 Å². The molecule has 2 heteroatoms. The topological polar surface area (TPSA) is 34.1 Å². The van der Waals surface area contributed by atoms with Gasteiger partial charge in [0, 0.05) is 22.3 Å². The van der Waals surface area contributed by atoms with Crippen LogP contribution in [0.15, 0.2) is 23.3 Å². The largest absolute Gasteiger partial charge is 0.289 e. The maximum atomic E-state index is 12.1. The minimum Gasteiger partial charge on any atom is -0.289 e. The summed E-state index contributed by atoms with van der Waals surface area (Å²) in [4.78, 5) is 24.3. The van der Waals surface area contributed by atoms with E-state index in [0.717, 1.165) is 11.1 Å². The molecule has 0 spiro atoms. The number of benzene rings is 1. The van der Waals surface area contributed by atoms with Crippen molar-refractivity contribution < 1.29 is 9.59 Å². The molecule has 0 radical (unpaired) electrons. The Bertz CT molecular complexity index is 499. The molecule has 1 aliphatic rings. The third kappa shape index (κ3) is 1.26. The quantitative estimate of drug-likeness (QED) is 0.665. The van der Waals surface area contributed by atoms with E-state index in [1.807, 2.05) is 26.0 Å². The fourth-order valence-electron chi connectivity index (χ4n) is 2.11. The highest BCUT2D eigenvalue weighted by molar-refractivity contribution is 6.27. The number of rotatable bonds is 0. The van der Waals surface area contributed by atoms with Gasteiger partial charge in [0.2, 0.25) is 0 Å². The summed E-state index contributed by atoms with van der Waals surface area (Å²) in [6.07, 6.45) is 0. The van der Waals surface area contributed by atoms with Crippen LogP contribution in [0.1, 0.15) is 45.7 Å². The minimum atomic E-state index is -0.00620. The van der Waals surface area contributed by atoms with Crippen molar-refractivity contribution in [3.8, 4) is 0 Å². The predicted octanol–water partition coefficient (Wildman–Crippen LogP) is 3.02. The number of fused-ring (bicyclic) bond motifs is 1. The van der Waals surface area contributed by atoms with E-state index < -0.39 is 0 Å². The number of hydrogen-bond donors (Lipinski definition) is 0. The monoisotopic (exact) mass is 214 g/mol. The molecule has 1 aromatic carbocycles. The van der Waals surface area contributed by atoms with Crippen molar-refractivity contribution in [2.75, 3.05) is 0 Å². The van der Waals surface area contributed by atoms with Gasteiger partial charge in [0.15, 0.2) is 11.6 Å². The van der Waals surface area contributed by atoms with Crippen LogP contribution in [-0.4, -0.2) is 11.6 Å². The predicted molar refractivity (Wildman–Crippen MR) is 63.0 cm³/mol. The van der Waals surface area contributed by atoms with E-state index in [0.29, 0.717) is 22.3 Å². The number of allylic oxidation sites excluding steroid dienone is 2. The molecule has 0 aliphatic heterocycles. The van der Waals surface area contributed by atoms with Crippen LogP contribution < -0.4 is 0 Å². The lowest BCUT2D eigenvalue weighted by Gasteiger charge is -2.20. The van der Waals surface area contributed by atoms with Crippen LogP contribution in [0.4, 0.5) is 0 Å². The Labute approximate surface area is 95.0 Å². The third-order valence-corrected chi connectivity index (χ3v) is 3.32. The highest BCUT2D eigenvalue weighted by atomic mass is 16.1. The summed E-state index contributed by atoms with van der Waals surface area (Å²) in [5, 5.41) is 0. The highest BCUT2D eigenvalue weighted by Crippen LogP contribution is 2.30. The van der Waals surface area contributed by atoms with Gasteiger partial charge < -0.3 is 0 Å². The first kappa shape index (κ1) is 10.8. The van der Waals surface area contributed by atoms with Gasteiger partial charge in [-0.25, -0.2) is 0 Å². The smallest absolute Gasteiger partial charge is 0.190 e. The van der Waals surface area contributed by atoms with Crippen LogP contribution in [0.2, 0.25) is 0 Å². The van der Waals surface area contributed by atoms with Gasteiger partial charge in [-0.2, -0.15) is 0 Å². The molecule has 2 rings (SSSR count). The molecule has 1 aliphatic carbocycles. The van der Waals surface area contributed by atoms with E-state index in [2.05, 4.69) is 0 Å². The van der Waals surface area contributed by atoms with Crippen molar-refractivity contribution in [1.82, 2.24) is 0 Å². The maximum absolute atomic E-state index is 12.1. The van der Waals surface area contributed by atoms with Gasteiger partial charge in [0.25, 0.3) is 0 Å². The lowest BCUT2D eigenvalue weighted by Crippen LogP contribution is -2.22. The summed E-state index contributed by atoms with van der Waals surface area (Å²) in [6, 6.07) is 3.79. The molecule has 0 saturated carbocycles. The first-order valence-electron chi connectivity index (χ1n) is 5.32. The van der Waals surface area contributed by atoms with Crippen LogP contribution in [0.5, 0.6) is 0 Å². The van der Waals surface area contributed by atoms with Gasteiger partial charge in [0.1, 0.15) is 0 Å². The Morgan fingerprint density at radius 3 is 1.31 bits per heavy atom. The molecule has 0 unspecified atom stereocenters. The molecule has 0 bridgehead atoms. The van der Waals surface area contributed by atoms with E-state index in [-0.39, 0.29) is 11.6 Å². The summed E-state index contributed by atoms with van der Waals surface area (Å²) >= 11 is 0. The Morgan fingerprint density at radius 1 is 0.688 bits per heavy atom. The molecule has 0 atom stereocenters. The Morgan fingerprint density at radius 2 is 1.00 bits per heavy atom. The Kier molecular flexibility index (Phi) is 2.30. The standard InChI is InChI=1S/C14H14O2/c1-7-5-6-8(2)12-11(7)13(15)9(3)10(4)14(12)16/h5-6H,1-4H3. The van der Waals surface area contributed by atoms with Gasteiger partial charge in [-0.1, -0.05) is 12.1 Å². The molecule has 0 N–H and O–H groups in total. The normalized spacial score (nSPS) is 15.5. The van der Waals surface area contributed by atoms with E-state index >= 15 is 0 Å². The van der Waals surface area contributed by atoms with Crippen molar-refractivity contribution in [2.24, 2.45) is 0 Å². The van der Waals surface area contributed by atoms with E-state index in [9.17, 15) is 9.59 Å². The maximum Gasteiger partial charge on any atom is 0.190 e. The minimum absolute atomic E-state index is 0.00620. The molecule has 0 heterocycles. The van der Waals surface area contributed by atoms with Crippen LogP contribution in [0, 0.1) is 13.8 Å². The summed E-state index contributed by atoms with van der Waals surface area (Å²) in [5.41, 5.74) is 4.09. The second kappa shape index (κ2) is 3.41. The first-order valence-corrected chi connectivity index (χ1v) is 5.32. The Hall–Kier alpha value is -1.70. The molecule has 0 saturated heterocycles. The number of aryl methyl sites for hydroxylation is 2. The van der Waals surface area contributed by atoms with Crippen molar-refractivity contribution in [3.05, 3.63) is 45.5 Å². The number of ketones is 2. The zero-order valence-electron chi connectivity index (χ0n) is 9.97. The van der Waals surface area contributed by atoms with Gasteiger partial charge in [-0.05, 0) is 38.8 Å². The van der Waals surface area contributed by atoms with Crippen molar-refractivity contribution in [1.29, 1.82) is 0 Å². The zero-order valence-corrected chi connectivity index (χ0v) is 9.97. The second-order valence-corrected chi connectivity index (χ2v) is 4.36. The lowest BCUT2D eigenvalue weighted by molar-refractivity contribution is 0.0974. The molecule has 0 fully saturated rings. The number of hydrogen-bond acceptors (Lipinski definition) is 2. The number of Topliss-reactive ketones (excluding diaryl/α,β-unsaturated/α-hetero) is 2. The van der Waals surface area contributed by atoms with Crippen molar-refractivity contribution >= 4 is 11.6 Å². The average Bonchev–Trinajstić information content (AvgIpc) is 2.26. The highest BCUT2D eigenvalue weighted by Gasteiger charge is 2.29. The first-order chi connectivity index (χ1) is 7.45. The molecular weight excluding hydrogens is 200 g/mol. The molecule has 1 aromatic rings. The van der Waals surface area contributed by atoms with Gasteiger partial charge in [-0.3, -0.25) is 9.59 Å². The fraction of sp³-hybridized carbons (Fsp3) is 0.286. The Balaban J connectivity index is 2.86. The molecular formula is C14H14O2.